The largest absolute Gasteiger partial charge is 0.127 e. The predicted molar refractivity (Wildman–Crippen MR) is 55.2 cm³/mol. The van der Waals surface area contributed by atoms with Crippen molar-refractivity contribution in [2.45, 2.75) is 50.1 Å². The van der Waals surface area contributed by atoms with Crippen LogP contribution in [0.5, 0.6) is 0 Å². The lowest BCUT2D eigenvalue weighted by Gasteiger charge is -2.16. The summed E-state index contributed by atoms with van der Waals surface area (Å²) in [5.41, 5.74) is 1.08. The zero-order valence-electron chi connectivity index (χ0n) is 7.65. The summed E-state index contributed by atoms with van der Waals surface area (Å²) in [4.78, 5) is 0. The predicted octanol–water partition coefficient (Wildman–Crippen LogP) is 2.74. The number of halogens is 1. The summed E-state index contributed by atoms with van der Waals surface area (Å²) >= 11 is 6.26. The molecule has 0 nitrogen and oxygen atoms in total. The van der Waals surface area contributed by atoms with Gasteiger partial charge in [-0.15, -0.1) is 11.6 Å². The standard InChI is InChI=1S/C9H19ClSi/c1-7(2)9(10)11-8-5-3-4-6-8/h7-9H,3-6,11H2,1-2H3. The maximum Gasteiger partial charge on any atom is 0.0452 e. The molecule has 1 fully saturated rings. The molecule has 0 aromatic rings. The first-order chi connectivity index (χ1) is 5.20. The minimum absolute atomic E-state index is 0.0301. The van der Waals surface area contributed by atoms with E-state index in [1.807, 2.05) is 0 Å². The number of rotatable bonds is 3. The normalized spacial score (nSPS) is 24.0. The van der Waals surface area contributed by atoms with Crippen LogP contribution in [0, 0.1) is 5.92 Å². The lowest BCUT2D eigenvalue weighted by Crippen LogP contribution is -2.19. The third-order valence-electron chi connectivity index (χ3n) is 2.76. The van der Waals surface area contributed by atoms with E-state index in [1.165, 1.54) is 25.7 Å². The van der Waals surface area contributed by atoms with Gasteiger partial charge in [-0.05, 0) is 11.5 Å². The van der Waals surface area contributed by atoms with E-state index in [4.69, 9.17) is 11.6 Å². The minimum Gasteiger partial charge on any atom is -0.127 e. The summed E-state index contributed by atoms with van der Waals surface area (Å²) in [6, 6.07) is 0. The second-order valence-electron chi connectivity index (χ2n) is 4.15. The Kier molecular flexibility index (Phi) is 3.94. The highest BCUT2D eigenvalue weighted by atomic mass is 35.5. The lowest BCUT2D eigenvalue weighted by molar-refractivity contribution is 0.690. The van der Waals surface area contributed by atoms with Crippen LogP contribution in [-0.4, -0.2) is 14.5 Å². The van der Waals surface area contributed by atoms with Gasteiger partial charge in [0.25, 0.3) is 0 Å². The zero-order valence-corrected chi connectivity index (χ0v) is 9.82. The molecule has 0 amide bonds. The van der Waals surface area contributed by atoms with E-state index in [9.17, 15) is 0 Å². The zero-order chi connectivity index (χ0) is 8.27. The molecule has 1 aliphatic carbocycles. The van der Waals surface area contributed by atoms with Gasteiger partial charge in [-0.1, -0.05) is 39.5 Å². The van der Waals surface area contributed by atoms with Gasteiger partial charge in [0.15, 0.2) is 0 Å². The van der Waals surface area contributed by atoms with Gasteiger partial charge in [0.1, 0.15) is 0 Å². The fourth-order valence-electron chi connectivity index (χ4n) is 1.84. The van der Waals surface area contributed by atoms with E-state index in [0.29, 0.717) is 10.9 Å². The number of alkyl halides is 1. The smallest absolute Gasteiger partial charge is 0.0452 e. The molecular weight excluding hydrogens is 172 g/mol. The van der Waals surface area contributed by atoms with E-state index in [1.54, 1.807) is 0 Å². The van der Waals surface area contributed by atoms with E-state index in [-0.39, 0.29) is 9.52 Å². The highest BCUT2D eigenvalue weighted by Gasteiger charge is 2.20. The van der Waals surface area contributed by atoms with E-state index in [2.05, 4.69) is 13.8 Å². The molecule has 1 rings (SSSR count). The quantitative estimate of drug-likeness (QED) is 0.475. The van der Waals surface area contributed by atoms with Crippen molar-refractivity contribution in [3.63, 3.8) is 0 Å². The Hall–Kier alpha value is 0.507. The summed E-state index contributed by atoms with van der Waals surface area (Å²) in [7, 11) is 0.0301. The fraction of sp³-hybridized carbons (Fsp3) is 1.00. The van der Waals surface area contributed by atoms with Crippen molar-refractivity contribution in [2.24, 2.45) is 5.92 Å². The number of hydrogen-bond donors (Lipinski definition) is 0. The second-order valence-corrected chi connectivity index (χ2v) is 7.73. The first kappa shape index (κ1) is 9.59. The average Bonchev–Trinajstić information content (AvgIpc) is 2.39. The van der Waals surface area contributed by atoms with Gasteiger partial charge in [-0.25, -0.2) is 0 Å². The van der Waals surface area contributed by atoms with Crippen LogP contribution >= 0.6 is 11.6 Å². The summed E-state index contributed by atoms with van der Waals surface area (Å²) < 4.78 is 0. The van der Waals surface area contributed by atoms with E-state index in [0.717, 1.165) is 5.54 Å². The van der Waals surface area contributed by atoms with Crippen molar-refractivity contribution in [1.29, 1.82) is 0 Å². The molecule has 0 N–H and O–H groups in total. The summed E-state index contributed by atoms with van der Waals surface area (Å²) in [5.74, 6) is 0.712. The van der Waals surface area contributed by atoms with Gasteiger partial charge in [-0.2, -0.15) is 0 Å². The molecule has 1 saturated carbocycles. The van der Waals surface area contributed by atoms with Gasteiger partial charge in [0, 0.05) is 14.5 Å². The Bertz CT molecular complexity index is 108. The second kappa shape index (κ2) is 4.51. The van der Waals surface area contributed by atoms with Crippen molar-refractivity contribution >= 4 is 21.1 Å². The van der Waals surface area contributed by atoms with Crippen LogP contribution in [0.3, 0.4) is 0 Å². The Balaban J connectivity index is 2.18. The maximum atomic E-state index is 6.26. The van der Waals surface area contributed by atoms with E-state index < -0.39 is 0 Å². The topological polar surface area (TPSA) is 0 Å². The molecule has 2 heteroatoms. The molecule has 0 saturated heterocycles. The molecule has 0 aromatic heterocycles. The SMILES string of the molecule is CC(C)C(Cl)[SiH2]C1CCCC1. The van der Waals surface area contributed by atoms with Crippen molar-refractivity contribution in [2.75, 3.05) is 0 Å². The first-order valence-electron chi connectivity index (χ1n) is 4.84. The Morgan fingerprint density at radius 2 is 1.82 bits per heavy atom. The van der Waals surface area contributed by atoms with Gasteiger partial charge >= 0.3 is 0 Å². The Labute approximate surface area is 77.5 Å². The molecular formula is C9H19ClSi. The number of hydrogen-bond acceptors (Lipinski definition) is 0. The summed E-state index contributed by atoms with van der Waals surface area (Å²) in [6.07, 6.45) is 5.92. The maximum absolute atomic E-state index is 6.26. The van der Waals surface area contributed by atoms with Crippen molar-refractivity contribution in [3.8, 4) is 0 Å². The molecule has 0 radical (unpaired) electrons. The van der Waals surface area contributed by atoms with Crippen LogP contribution in [0.2, 0.25) is 5.54 Å². The van der Waals surface area contributed by atoms with Crippen LogP contribution in [0.4, 0.5) is 0 Å². The fourth-order valence-corrected chi connectivity index (χ4v) is 4.82. The highest BCUT2D eigenvalue weighted by Crippen LogP contribution is 2.31. The van der Waals surface area contributed by atoms with Crippen molar-refractivity contribution in [3.05, 3.63) is 0 Å². The van der Waals surface area contributed by atoms with Crippen molar-refractivity contribution < 1.29 is 0 Å². The molecule has 1 aliphatic rings. The Morgan fingerprint density at radius 1 is 1.27 bits per heavy atom. The average molecular weight is 191 g/mol. The van der Waals surface area contributed by atoms with Crippen LogP contribution in [0.15, 0.2) is 0 Å². The molecule has 11 heavy (non-hydrogen) atoms. The molecule has 1 atom stereocenters. The van der Waals surface area contributed by atoms with Crippen molar-refractivity contribution in [1.82, 2.24) is 0 Å². The van der Waals surface area contributed by atoms with Gasteiger partial charge in [0.2, 0.25) is 0 Å². The molecule has 0 spiro atoms. The molecule has 0 bridgehead atoms. The van der Waals surface area contributed by atoms with Gasteiger partial charge in [-0.3, -0.25) is 0 Å². The highest BCUT2D eigenvalue weighted by molar-refractivity contribution is 6.54. The monoisotopic (exact) mass is 190 g/mol. The molecule has 0 aromatic carbocycles. The summed E-state index contributed by atoms with van der Waals surface area (Å²) in [5, 5.41) is 0.554. The van der Waals surface area contributed by atoms with Crippen LogP contribution in [0.25, 0.3) is 0 Å². The van der Waals surface area contributed by atoms with Crippen LogP contribution < -0.4 is 0 Å². The minimum atomic E-state index is 0.0301. The molecule has 0 heterocycles. The third-order valence-corrected chi connectivity index (χ3v) is 6.67. The van der Waals surface area contributed by atoms with Crippen LogP contribution in [-0.2, 0) is 0 Å². The van der Waals surface area contributed by atoms with Crippen LogP contribution in [0.1, 0.15) is 39.5 Å². The molecule has 66 valence electrons. The third kappa shape index (κ3) is 3.16. The first-order valence-corrected chi connectivity index (χ1v) is 6.91. The van der Waals surface area contributed by atoms with Gasteiger partial charge < -0.3 is 0 Å². The lowest BCUT2D eigenvalue weighted by atomic mass is 10.3. The van der Waals surface area contributed by atoms with Gasteiger partial charge in [0.05, 0.1) is 0 Å². The van der Waals surface area contributed by atoms with E-state index >= 15 is 0 Å². The molecule has 1 unspecified atom stereocenters. The summed E-state index contributed by atoms with van der Waals surface area (Å²) in [6.45, 7) is 4.50. The molecule has 0 aliphatic heterocycles. The Morgan fingerprint density at radius 3 is 2.27 bits per heavy atom.